The number of hydrogen-bond acceptors (Lipinski definition) is 4. The molecule has 0 heterocycles. The first-order valence-corrected chi connectivity index (χ1v) is 8.08. The molecular weight excluding hydrogens is 312 g/mol. The molecule has 0 fully saturated rings. The van der Waals surface area contributed by atoms with Crippen molar-refractivity contribution in [3.05, 3.63) is 53.6 Å². The molecule has 2 aromatic rings. The van der Waals surface area contributed by atoms with E-state index in [0.29, 0.717) is 17.9 Å². The fraction of sp³-hybridized carbons (Fsp3) is 0.278. The summed E-state index contributed by atoms with van der Waals surface area (Å²) in [5.74, 6) is 0.507. The Balaban J connectivity index is 2.22. The molecule has 2 rings (SSSR count). The van der Waals surface area contributed by atoms with Gasteiger partial charge in [0.25, 0.3) is 0 Å². The van der Waals surface area contributed by atoms with Gasteiger partial charge >= 0.3 is 5.97 Å². The van der Waals surface area contributed by atoms with Gasteiger partial charge in [0.05, 0.1) is 14.2 Å². The lowest BCUT2D eigenvalue weighted by Gasteiger charge is -2.15. The summed E-state index contributed by atoms with van der Waals surface area (Å²) in [5, 5.41) is 8.95. The van der Waals surface area contributed by atoms with Gasteiger partial charge in [-0.3, -0.25) is 4.79 Å². The molecule has 0 unspecified atom stereocenters. The van der Waals surface area contributed by atoms with Crippen molar-refractivity contribution in [1.29, 1.82) is 0 Å². The zero-order chi connectivity index (χ0) is 16.8. The Morgan fingerprint density at radius 2 is 1.83 bits per heavy atom. The summed E-state index contributed by atoms with van der Waals surface area (Å²) in [6.45, 7) is 2.00. The molecule has 4 nitrogen and oxygen atoms in total. The van der Waals surface area contributed by atoms with E-state index in [1.165, 1.54) is 11.8 Å². The van der Waals surface area contributed by atoms with E-state index in [1.807, 2.05) is 37.3 Å². The molecule has 5 heteroatoms. The molecule has 0 aromatic heterocycles. The Kier molecular flexibility index (Phi) is 5.93. The van der Waals surface area contributed by atoms with Crippen molar-refractivity contribution < 1.29 is 19.4 Å². The van der Waals surface area contributed by atoms with Gasteiger partial charge in [0, 0.05) is 4.90 Å². The van der Waals surface area contributed by atoms with Gasteiger partial charge in [0.1, 0.15) is 16.7 Å². The minimum absolute atomic E-state index is 0.355. The van der Waals surface area contributed by atoms with Gasteiger partial charge < -0.3 is 14.6 Å². The summed E-state index contributed by atoms with van der Waals surface area (Å²) >= 11 is 1.34. The van der Waals surface area contributed by atoms with E-state index < -0.39 is 11.2 Å². The Morgan fingerprint density at radius 1 is 1.13 bits per heavy atom. The van der Waals surface area contributed by atoms with Crippen LogP contribution < -0.4 is 9.47 Å². The van der Waals surface area contributed by atoms with Crippen molar-refractivity contribution in [2.24, 2.45) is 0 Å². The molecule has 0 aliphatic rings. The van der Waals surface area contributed by atoms with Crippen molar-refractivity contribution in [2.45, 2.75) is 23.5 Å². The van der Waals surface area contributed by atoms with Crippen LogP contribution in [-0.2, 0) is 11.2 Å². The third-order valence-electron chi connectivity index (χ3n) is 3.47. The topological polar surface area (TPSA) is 55.8 Å². The monoisotopic (exact) mass is 332 g/mol. The van der Waals surface area contributed by atoms with Crippen LogP contribution >= 0.6 is 11.8 Å². The summed E-state index contributed by atoms with van der Waals surface area (Å²) in [7, 11) is 3.16. The largest absolute Gasteiger partial charge is 0.497 e. The molecule has 0 amide bonds. The number of aryl methyl sites for hydroxylation is 1. The van der Waals surface area contributed by atoms with E-state index in [4.69, 9.17) is 9.47 Å². The van der Waals surface area contributed by atoms with E-state index in [2.05, 4.69) is 0 Å². The first-order chi connectivity index (χ1) is 11.0. The van der Waals surface area contributed by atoms with Crippen LogP contribution in [0, 0.1) is 6.92 Å². The van der Waals surface area contributed by atoms with Gasteiger partial charge in [-0.2, -0.15) is 0 Å². The SMILES string of the molecule is COc1ccc(OC)c(C[C@@H](Sc2ccc(C)cc2)C(=O)O)c1. The minimum Gasteiger partial charge on any atom is -0.497 e. The van der Waals surface area contributed by atoms with Crippen molar-refractivity contribution >= 4 is 17.7 Å². The van der Waals surface area contributed by atoms with Crippen molar-refractivity contribution in [2.75, 3.05) is 14.2 Å². The smallest absolute Gasteiger partial charge is 0.317 e. The molecule has 0 aliphatic heterocycles. The maximum absolute atomic E-state index is 11.6. The van der Waals surface area contributed by atoms with Crippen LogP contribution in [0.2, 0.25) is 0 Å². The van der Waals surface area contributed by atoms with Gasteiger partial charge in [-0.1, -0.05) is 17.7 Å². The highest BCUT2D eigenvalue weighted by molar-refractivity contribution is 8.00. The second kappa shape index (κ2) is 7.92. The van der Waals surface area contributed by atoms with Crippen molar-refractivity contribution in [3.8, 4) is 11.5 Å². The maximum atomic E-state index is 11.6. The van der Waals surface area contributed by atoms with E-state index in [-0.39, 0.29) is 0 Å². The fourth-order valence-corrected chi connectivity index (χ4v) is 3.19. The Morgan fingerprint density at radius 3 is 2.39 bits per heavy atom. The highest BCUT2D eigenvalue weighted by Crippen LogP contribution is 2.31. The highest BCUT2D eigenvalue weighted by atomic mass is 32.2. The zero-order valence-electron chi connectivity index (χ0n) is 13.4. The van der Waals surface area contributed by atoms with Crippen LogP contribution in [-0.4, -0.2) is 30.5 Å². The number of methoxy groups -OCH3 is 2. The Hall–Kier alpha value is -2.14. The summed E-state index contributed by atoms with van der Waals surface area (Å²) < 4.78 is 10.6. The molecule has 1 N–H and O–H groups in total. The highest BCUT2D eigenvalue weighted by Gasteiger charge is 2.21. The van der Waals surface area contributed by atoms with Crippen LogP contribution in [0.25, 0.3) is 0 Å². The molecule has 0 aliphatic carbocycles. The van der Waals surface area contributed by atoms with Crippen LogP contribution in [0.3, 0.4) is 0 Å². The summed E-state index contributed by atoms with van der Waals surface area (Å²) in [4.78, 5) is 12.6. The molecule has 0 saturated heterocycles. The van der Waals surface area contributed by atoms with Gasteiger partial charge in [-0.15, -0.1) is 11.8 Å². The Labute approximate surface area is 140 Å². The molecule has 0 radical (unpaired) electrons. The summed E-state index contributed by atoms with van der Waals surface area (Å²) in [5.41, 5.74) is 1.97. The first-order valence-electron chi connectivity index (χ1n) is 7.20. The average molecular weight is 332 g/mol. The van der Waals surface area contributed by atoms with Gasteiger partial charge in [-0.05, 0) is 49.2 Å². The molecule has 122 valence electrons. The average Bonchev–Trinajstić information content (AvgIpc) is 2.56. The van der Waals surface area contributed by atoms with Crippen LogP contribution in [0.1, 0.15) is 11.1 Å². The van der Waals surface area contributed by atoms with Crippen molar-refractivity contribution in [3.63, 3.8) is 0 Å². The standard InChI is InChI=1S/C18H20O4S/c1-12-4-7-15(8-5-12)23-17(18(19)20)11-13-10-14(21-2)6-9-16(13)22-3/h4-10,17H,11H2,1-3H3,(H,19,20)/t17-/m1/s1. The lowest BCUT2D eigenvalue weighted by atomic mass is 10.1. The zero-order valence-corrected chi connectivity index (χ0v) is 14.2. The Bertz CT molecular complexity index is 667. The lowest BCUT2D eigenvalue weighted by molar-refractivity contribution is -0.136. The molecule has 2 aromatic carbocycles. The van der Waals surface area contributed by atoms with Gasteiger partial charge in [0.15, 0.2) is 0 Å². The van der Waals surface area contributed by atoms with Gasteiger partial charge in [0.2, 0.25) is 0 Å². The molecule has 0 spiro atoms. The molecule has 23 heavy (non-hydrogen) atoms. The van der Waals surface area contributed by atoms with Crippen LogP contribution in [0.5, 0.6) is 11.5 Å². The lowest BCUT2D eigenvalue weighted by Crippen LogP contribution is -2.19. The normalized spacial score (nSPS) is 11.8. The van der Waals surface area contributed by atoms with E-state index in [1.54, 1.807) is 26.4 Å². The molecular formula is C18H20O4S. The summed E-state index contributed by atoms with van der Waals surface area (Å²) in [6, 6.07) is 13.3. The first kappa shape index (κ1) is 17.2. The number of carboxylic acids is 1. The van der Waals surface area contributed by atoms with Crippen LogP contribution in [0.15, 0.2) is 47.4 Å². The third kappa shape index (κ3) is 4.66. The van der Waals surface area contributed by atoms with E-state index >= 15 is 0 Å². The number of benzene rings is 2. The second-order valence-electron chi connectivity index (χ2n) is 5.14. The molecule has 0 saturated carbocycles. The quantitative estimate of drug-likeness (QED) is 0.782. The number of thioether (sulfide) groups is 1. The summed E-state index contributed by atoms with van der Waals surface area (Å²) in [6.07, 6.45) is 0.355. The number of ether oxygens (including phenoxy) is 2. The maximum Gasteiger partial charge on any atom is 0.317 e. The molecule has 0 bridgehead atoms. The number of carboxylic acid groups (broad SMARTS) is 1. The third-order valence-corrected chi connectivity index (χ3v) is 4.66. The van der Waals surface area contributed by atoms with Gasteiger partial charge in [-0.25, -0.2) is 0 Å². The van der Waals surface area contributed by atoms with E-state index in [0.717, 1.165) is 16.0 Å². The minimum atomic E-state index is -0.847. The number of hydrogen-bond donors (Lipinski definition) is 1. The predicted molar refractivity (Wildman–Crippen MR) is 91.7 cm³/mol. The fourth-order valence-electron chi connectivity index (χ4n) is 2.20. The number of rotatable bonds is 7. The van der Waals surface area contributed by atoms with E-state index in [9.17, 15) is 9.90 Å². The predicted octanol–water partition coefficient (Wildman–Crippen LogP) is 3.80. The number of aliphatic carboxylic acids is 1. The number of carbonyl (C=O) groups is 1. The van der Waals surface area contributed by atoms with Crippen molar-refractivity contribution in [1.82, 2.24) is 0 Å². The second-order valence-corrected chi connectivity index (χ2v) is 6.42. The molecule has 1 atom stereocenters. The van der Waals surface area contributed by atoms with Crippen LogP contribution in [0.4, 0.5) is 0 Å².